The van der Waals surface area contributed by atoms with Gasteiger partial charge in [-0.25, -0.2) is 4.79 Å². The third-order valence-corrected chi connectivity index (χ3v) is 2.90. The largest absolute Gasteiger partial charge is 0.495 e. The Morgan fingerprint density at radius 1 is 1.33 bits per heavy atom. The number of carbonyl (C=O) groups is 2. The lowest BCUT2D eigenvalue weighted by Crippen LogP contribution is -2.69. The molecule has 0 aliphatic carbocycles. The van der Waals surface area contributed by atoms with Crippen molar-refractivity contribution in [2.75, 3.05) is 19.1 Å². The fourth-order valence-electron chi connectivity index (χ4n) is 2.03. The van der Waals surface area contributed by atoms with E-state index in [4.69, 9.17) is 14.6 Å². The summed E-state index contributed by atoms with van der Waals surface area (Å²) in [5.41, 5.74) is 0.436. The van der Waals surface area contributed by atoms with Crippen LogP contribution >= 0.6 is 0 Å². The second kappa shape index (κ2) is 4.66. The zero-order valence-corrected chi connectivity index (χ0v) is 9.99. The van der Waals surface area contributed by atoms with Gasteiger partial charge in [-0.15, -0.1) is 0 Å². The number of benzene rings is 1. The molecule has 1 aliphatic heterocycles. The number of carboxylic acid groups (broad SMARTS) is 1. The second-order valence-electron chi connectivity index (χ2n) is 3.82. The number of rotatable bonds is 4. The van der Waals surface area contributed by atoms with E-state index in [1.54, 1.807) is 24.3 Å². The predicted octanol–water partition coefficient (Wildman–Crippen LogP) is 0.510. The summed E-state index contributed by atoms with van der Waals surface area (Å²) in [6.07, 6.45) is -0.938. The van der Waals surface area contributed by atoms with Gasteiger partial charge in [-0.3, -0.25) is 9.69 Å². The zero-order valence-electron chi connectivity index (χ0n) is 9.99. The Kier molecular flexibility index (Phi) is 3.20. The molecule has 2 rings (SSSR count). The molecule has 6 nitrogen and oxygen atoms in total. The molecule has 1 saturated heterocycles. The van der Waals surface area contributed by atoms with Gasteiger partial charge < -0.3 is 14.6 Å². The first-order chi connectivity index (χ1) is 8.61. The maximum atomic E-state index is 11.9. The predicted molar refractivity (Wildman–Crippen MR) is 62.7 cm³/mol. The maximum absolute atomic E-state index is 11.9. The van der Waals surface area contributed by atoms with Crippen molar-refractivity contribution in [3.05, 3.63) is 24.3 Å². The Labute approximate surface area is 104 Å². The van der Waals surface area contributed by atoms with Crippen LogP contribution in [-0.4, -0.2) is 43.3 Å². The minimum Gasteiger partial charge on any atom is -0.495 e. The van der Waals surface area contributed by atoms with E-state index in [-0.39, 0.29) is 5.91 Å². The van der Waals surface area contributed by atoms with Crippen LogP contribution in [0, 0.1) is 0 Å². The molecule has 0 radical (unpaired) electrons. The average molecular weight is 251 g/mol. The van der Waals surface area contributed by atoms with Gasteiger partial charge in [-0.2, -0.15) is 0 Å². The van der Waals surface area contributed by atoms with Gasteiger partial charge in [0.1, 0.15) is 5.75 Å². The number of ether oxygens (including phenoxy) is 2. The molecule has 2 atom stereocenters. The smallest absolute Gasteiger partial charge is 0.330 e. The van der Waals surface area contributed by atoms with Crippen molar-refractivity contribution >= 4 is 17.6 Å². The molecule has 6 heteroatoms. The molecule has 0 aromatic heterocycles. The van der Waals surface area contributed by atoms with E-state index in [9.17, 15) is 9.59 Å². The molecule has 0 saturated carbocycles. The SMILES string of the molecule is COc1ccccc1N1C(=O)[C@@H](OC)[C@H]1C(=O)O. The minimum absolute atomic E-state index is 0.380. The van der Waals surface area contributed by atoms with Crippen molar-refractivity contribution in [3.8, 4) is 5.75 Å². The summed E-state index contributed by atoms with van der Waals surface area (Å²) in [5.74, 6) is -1.03. The van der Waals surface area contributed by atoms with E-state index in [1.165, 1.54) is 19.1 Å². The molecule has 1 heterocycles. The Morgan fingerprint density at radius 3 is 2.56 bits per heavy atom. The van der Waals surface area contributed by atoms with Gasteiger partial charge in [0, 0.05) is 7.11 Å². The van der Waals surface area contributed by atoms with Crippen LogP contribution in [-0.2, 0) is 14.3 Å². The second-order valence-corrected chi connectivity index (χ2v) is 3.82. The minimum atomic E-state index is -1.10. The first kappa shape index (κ1) is 12.4. The van der Waals surface area contributed by atoms with Crippen LogP contribution in [0.15, 0.2) is 24.3 Å². The number of aliphatic carboxylic acids is 1. The lowest BCUT2D eigenvalue weighted by molar-refractivity contribution is -0.155. The molecule has 0 spiro atoms. The lowest BCUT2D eigenvalue weighted by atomic mass is 9.96. The van der Waals surface area contributed by atoms with Crippen LogP contribution in [0.2, 0.25) is 0 Å². The van der Waals surface area contributed by atoms with Crippen molar-refractivity contribution in [3.63, 3.8) is 0 Å². The van der Waals surface area contributed by atoms with Gasteiger partial charge in [-0.1, -0.05) is 12.1 Å². The molecule has 1 fully saturated rings. The van der Waals surface area contributed by atoms with Gasteiger partial charge in [-0.05, 0) is 12.1 Å². The van der Waals surface area contributed by atoms with Crippen molar-refractivity contribution in [2.45, 2.75) is 12.1 Å². The number of carbonyl (C=O) groups excluding carboxylic acids is 1. The third-order valence-electron chi connectivity index (χ3n) is 2.90. The van der Waals surface area contributed by atoms with Crippen LogP contribution in [0.5, 0.6) is 5.75 Å². The van der Waals surface area contributed by atoms with Gasteiger partial charge in [0.25, 0.3) is 5.91 Å². The quantitative estimate of drug-likeness (QED) is 0.789. The number of nitrogens with zero attached hydrogens (tertiary/aromatic N) is 1. The van der Waals surface area contributed by atoms with E-state index in [0.29, 0.717) is 11.4 Å². The highest BCUT2D eigenvalue weighted by atomic mass is 16.5. The van der Waals surface area contributed by atoms with Crippen molar-refractivity contribution in [2.24, 2.45) is 0 Å². The fraction of sp³-hybridized carbons (Fsp3) is 0.333. The fourth-order valence-corrected chi connectivity index (χ4v) is 2.03. The Bertz CT molecular complexity index is 487. The van der Waals surface area contributed by atoms with E-state index >= 15 is 0 Å². The Hall–Kier alpha value is -2.08. The molecule has 18 heavy (non-hydrogen) atoms. The topological polar surface area (TPSA) is 76.1 Å². The first-order valence-corrected chi connectivity index (χ1v) is 5.33. The van der Waals surface area contributed by atoms with Crippen LogP contribution < -0.4 is 9.64 Å². The summed E-state index contributed by atoms with van der Waals surface area (Å²) >= 11 is 0. The Balaban J connectivity index is 2.38. The van der Waals surface area contributed by atoms with Crippen LogP contribution in [0.1, 0.15) is 0 Å². The van der Waals surface area contributed by atoms with Crippen LogP contribution in [0.4, 0.5) is 5.69 Å². The van der Waals surface area contributed by atoms with Crippen molar-refractivity contribution in [1.29, 1.82) is 0 Å². The highest BCUT2D eigenvalue weighted by Gasteiger charge is 2.53. The molecule has 96 valence electrons. The number of β-lactam (4-membered cyclic amide) rings is 1. The van der Waals surface area contributed by atoms with Crippen LogP contribution in [0.25, 0.3) is 0 Å². The van der Waals surface area contributed by atoms with E-state index in [2.05, 4.69) is 0 Å². The van der Waals surface area contributed by atoms with Gasteiger partial charge >= 0.3 is 5.97 Å². The van der Waals surface area contributed by atoms with Crippen LogP contribution in [0.3, 0.4) is 0 Å². The number of amides is 1. The average Bonchev–Trinajstić information content (AvgIpc) is 2.36. The number of hydrogen-bond donors (Lipinski definition) is 1. The molecule has 0 unspecified atom stereocenters. The molecule has 1 aromatic carbocycles. The summed E-state index contributed by atoms with van der Waals surface area (Å²) in [7, 11) is 2.78. The summed E-state index contributed by atoms with van der Waals surface area (Å²) in [4.78, 5) is 24.2. The monoisotopic (exact) mass is 251 g/mol. The summed E-state index contributed by atoms with van der Waals surface area (Å²) < 4.78 is 10.0. The number of carboxylic acids is 1. The van der Waals surface area contributed by atoms with E-state index in [0.717, 1.165) is 0 Å². The molecular formula is C12H13NO5. The maximum Gasteiger partial charge on any atom is 0.330 e. The Morgan fingerprint density at radius 2 is 2.00 bits per heavy atom. The molecule has 0 bridgehead atoms. The number of hydrogen-bond acceptors (Lipinski definition) is 4. The number of methoxy groups -OCH3 is 2. The number of anilines is 1. The van der Waals surface area contributed by atoms with E-state index in [1.807, 2.05) is 0 Å². The van der Waals surface area contributed by atoms with Gasteiger partial charge in [0.05, 0.1) is 12.8 Å². The highest BCUT2D eigenvalue weighted by Crippen LogP contribution is 2.36. The van der Waals surface area contributed by atoms with E-state index < -0.39 is 18.1 Å². The summed E-state index contributed by atoms with van der Waals surface area (Å²) in [5, 5.41) is 9.13. The molecule has 1 N–H and O–H groups in total. The molecule has 1 aromatic rings. The molecule has 1 amide bonds. The van der Waals surface area contributed by atoms with Crippen molar-refractivity contribution < 1.29 is 24.2 Å². The summed E-state index contributed by atoms with van der Waals surface area (Å²) in [6, 6.07) is 5.75. The third kappa shape index (κ3) is 1.70. The highest BCUT2D eigenvalue weighted by molar-refractivity contribution is 6.12. The van der Waals surface area contributed by atoms with Gasteiger partial charge in [0.2, 0.25) is 0 Å². The number of para-hydroxylation sites is 2. The zero-order chi connectivity index (χ0) is 13.3. The molecular weight excluding hydrogens is 238 g/mol. The normalized spacial score (nSPS) is 22.6. The first-order valence-electron chi connectivity index (χ1n) is 5.33. The van der Waals surface area contributed by atoms with Crippen molar-refractivity contribution in [1.82, 2.24) is 0 Å². The molecule has 1 aliphatic rings. The van der Waals surface area contributed by atoms with Gasteiger partial charge in [0.15, 0.2) is 12.1 Å². The lowest BCUT2D eigenvalue weighted by Gasteiger charge is -2.43. The standard InChI is InChI=1S/C12H13NO5/c1-17-8-6-4-3-5-7(8)13-9(12(15)16)10(18-2)11(13)14/h3-6,9-10H,1-2H3,(H,15,16)/t9-,10-/m0/s1. The summed E-state index contributed by atoms with van der Waals surface area (Å²) in [6.45, 7) is 0.